The van der Waals surface area contributed by atoms with Crippen molar-refractivity contribution in [1.29, 1.82) is 5.26 Å². The topological polar surface area (TPSA) is 44.0 Å². The molecule has 1 aliphatic rings. The van der Waals surface area contributed by atoms with Crippen molar-refractivity contribution in [2.24, 2.45) is 11.3 Å². The fourth-order valence-electron chi connectivity index (χ4n) is 2.43. The van der Waals surface area contributed by atoms with Crippen LogP contribution in [0.2, 0.25) is 0 Å². The quantitative estimate of drug-likeness (QED) is 0.439. The van der Waals surface area contributed by atoms with Crippen molar-refractivity contribution in [3.8, 4) is 6.07 Å². The van der Waals surface area contributed by atoms with Gasteiger partial charge >= 0.3 is 0 Å². The number of hydrogen-bond acceptors (Lipinski definition) is 2. The van der Waals surface area contributed by atoms with Crippen LogP contribution in [0.25, 0.3) is 0 Å². The summed E-state index contributed by atoms with van der Waals surface area (Å²) in [5, 5.41) is 18.1. The predicted molar refractivity (Wildman–Crippen MR) is 65.5 cm³/mol. The van der Waals surface area contributed by atoms with E-state index in [0.717, 1.165) is 6.42 Å². The molecule has 0 aromatic heterocycles. The summed E-state index contributed by atoms with van der Waals surface area (Å²) in [6.07, 6.45) is 9.59. The molecule has 0 bridgehead atoms. The zero-order valence-electron chi connectivity index (χ0n) is 10.1. The SMILES string of the molecule is CC1=C[C@@H](O)CC(C)(C)[C@H]1/C=C/C=C/C#N. The highest BCUT2D eigenvalue weighted by Gasteiger charge is 2.34. The molecule has 1 N–H and O–H groups in total. The second kappa shape index (κ2) is 5.14. The molecule has 0 aromatic rings. The molecule has 0 amide bonds. The molecule has 0 aromatic carbocycles. The van der Waals surface area contributed by atoms with Gasteiger partial charge < -0.3 is 5.11 Å². The summed E-state index contributed by atoms with van der Waals surface area (Å²) in [4.78, 5) is 0. The van der Waals surface area contributed by atoms with Gasteiger partial charge in [-0.1, -0.05) is 43.7 Å². The fraction of sp³-hybridized carbons (Fsp3) is 0.500. The van der Waals surface area contributed by atoms with Crippen LogP contribution < -0.4 is 0 Å². The van der Waals surface area contributed by atoms with E-state index in [1.54, 1.807) is 6.08 Å². The molecule has 1 aliphatic carbocycles. The Kier molecular flexibility index (Phi) is 4.09. The first-order valence-corrected chi connectivity index (χ1v) is 5.56. The molecule has 16 heavy (non-hydrogen) atoms. The van der Waals surface area contributed by atoms with Gasteiger partial charge in [-0.3, -0.25) is 0 Å². The summed E-state index contributed by atoms with van der Waals surface area (Å²) in [6, 6.07) is 1.96. The van der Waals surface area contributed by atoms with Crippen molar-refractivity contribution >= 4 is 0 Å². The largest absolute Gasteiger partial charge is 0.389 e. The molecule has 0 radical (unpaired) electrons. The first-order valence-electron chi connectivity index (χ1n) is 5.56. The summed E-state index contributed by atoms with van der Waals surface area (Å²) in [5.41, 5.74) is 1.26. The van der Waals surface area contributed by atoms with E-state index < -0.39 is 0 Å². The van der Waals surface area contributed by atoms with E-state index in [4.69, 9.17) is 5.26 Å². The summed E-state index contributed by atoms with van der Waals surface area (Å²) in [6.45, 7) is 6.37. The minimum atomic E-state index is -0.325. The Morgan fingerprint density at radius 2 is 2.19 bits per heavy atom. The Labute approximate surface area is 97.6 Å². The predicted octanol–water partition coefficient (Wildman–Crippen LogP) is 2.98. The highest BCUT2D eigenvalue weighted by Crippen LogP contribution is 2.41. The Balaban J connectivity index is 2.85. The van der Waals surface area contributed by atoms with Gasteiger partial charge in [-0.15, -0.1) is 0 Å². The molecular formula is C14H19NO. The normalized spacial score (nSPS) is 29.3. The van der Waals surface area contributed by atoms with Crippen LogP contribution in [-0.2, 0) is 0 Å². The zero-order chi connectivity index (χ0) is 12.2. The van der Waals surface area contributed by atoms with E-state index in [-0.39, 0.29) is 11.5 Å². The molecule has 0 fully saturated rings. The summed E-state index contributed by atoms with van der Waals surface area (Å²) in [7, 11) is 0. The van der Waals surface area contributed by atoms with Crippen LogP contribution in [0, 0.1) is 22.7 Å². The number of nitrogens with zero attached hydrogens (tertiary/aromatic N) is 1. The number of aliphatic hydroxyl groups excluding tert-OH is 1. The van der Waals surface area contributed by atoms with Crippen LogP contribution in [0.15, 0.2) is 36.0 Å². The third-order valence-electron chi connectivity index (χ3n) is 3.11. The summed E-state index contributed by atoms with van der Waals surface area (Å²) < 4.78 is 0. The van der Waals surface area contributed by atoms with Gasteiger partial charge in [0.1, 0.15) is 0 Å². The Hall–Kier alpha value is -1.33. The van der Waals surface area contributed by atoms with E-state index in [1.807, 2.05) is 25.1 Å². The van der Waals surface area contributed by atoms with Crippen molar-refractivity contribution in [1.82, 2.24) is 0 Å². The minimum Gasteiger partial charge on any atom is -0.389 e. The third-order valence-corrected chi connectivity index (χ3v) is 3.11. The summed E-state index contributed by atoms with van der Waals surface area (Å²) >= 11 is 0. The second-order valence-corrected chi connectivity index (χ2v) is 5.02. The fourth-order valence-corrected chi connectivity index (χ4v) is 2.43. The molecule has 0 unspecified atom stereocenters. The van der Waals surface area contributed by atoms with E-state index in [1.165, 1.54) is 11.6 Å². The maximum atomic E-state index is 9.69. The van der Waals surface area contributed by atoms with Gasteiger partial charge in [0.2, 0.25) is 0 Å². The Morgan fingerprint density at radius 1 is 1.50 bits per heavy atom. The van der Waals surface area contributed by atoms with Crippen molar-refractivity contribution in [2.75, 3.05) is 0 Å². The lowest BCUT2D eigenvalue weighted by Crippen LogP contribution is -2.32. The number of hydrogen-bond donors (Lipinski definition) is 1. The number of aliphatic hydroxyl groups is 1. The smallest absolute Gasteiger partial charge is 0.0912 e. The van der Waals surface area contributed by atoms with Crippen LogP contribution in [0.4, 0.5) is 0 Å². The molecule has 0 saturated carbocycles. The molecule has 2 nitrogen and oxygen atoms in total. The lowest BCUT2D eigenvalue weighted by atomic mass is 9.68. The number of rotatable bonds is 2. The maximum absolute atomic E-state index is 9.69. The molecular weight excluding hydrogens is 198 g/mol. The van der Waals surface area contributed by atoms with Crippen LogP contribution in [0.5, 0.6) is 0 Å². The van der Waals surface area contributed by atoms with Crippen LogP contribution in [0.3, 0.4) is 0 Å². The van der Waals surface area contributed by atoms with E-state index >= 15 is 0 Å². The molecule has 0 heterocycles. The molecule has 1 rings (SSSR count). The maximum Gasteiger partial charge on any atom is 0.0912 e. The molecule has 0 aliphatic heterocycles. The lowest BCUT2D eigenvalue weighted by molar-refractivity contribution is 0.117. The van der Waals surface area contributed by atoms with Gasteiger partial charge in [-0.25, -0.2) is 0 Å². The number of allylic oxidation sites excluding steroid dienone is 5. The number of nitriles is 1. The third kappa shape index (κ3) is 3.08. The van der Waals surface area contributed by atoms with Gasteiger partial charge in [0.05, 0.1) is 12.2 Å². The average Bonchev–Trinajstić information content (AvgIpc) is 2.14. The van der Waals surface area contributed by atoms with Gasteiger partial charge in [-0.2, -0.15) is 5.26 Å². The Morgan fingerprint density at radius 3 is 2.75 bits per heavy atom. The minimum absolute atomic E-state index is 0.0647. The van der Waals surface area contributed by atoms with Crippen LogP contribution >= 0.6 is 0 Å². The monoisotopic (exact) mass is 217 g/mol. The first-order chi connectivity index (χ1) is 7.47. The van der Waals surface area contributed by atoms with Crippen molar-refractivity contribution in [2.45, 2.75) is 33.3 Å². The average molecular weight is 217 g/mol. The van der Waals surface area contributed by atoms with Gasteiger partial charge in [0.25, 0.3) is 0 Å². The first kappa shape index (κ1) is 12.7. The van der Waals surface area contributed by atoms with Crippen LogP contribution in [0.1, 0.15) is 27.2 Å². The molecule has 86 valence electrons. The van der Waals surface area contributed by atoms with Gasteiger partial charge in [0.15, 0.2) is 0 Å². The Bertz CT molecular complexity index is 369. The highest BCUT2D eigenvalue weighted by molar-refractivity contribution is 5.23. The van der Waals surface area contributed by atoms with Crippen molar-refractivity contribution in [3.63, 3.8) is 0 Å². The van der Waals surface area contributed by atoms with Crippen LogP contribution in [-0.4, -0.2) is 11.2 Å². The highest BCUT2D eigenvalue weighted by atomic mass is 16.3. The summed E-state index contributed by atoms with van der Waals surface area (Å²) in [5.74, 6) is 0.333. The zero-order valence-corrected chi connectivity index (χ0v) is 10.1. The second-order valence-electron chi connectivity index (χ2n) is 5.02. The molecule has 0 spiro atoms. The molecule has 2 heteroatoms. The van der Waals surface area contributed by atoms with Crippen molar-refractivity contribution < 1.29 is 5.11 Å². The standard InChI is InChI=1S/C14H19NO/c1-11-9-12(16)10-14(2,3)13(11)7-5-4-6-8-15/h4-7,9,12-13,16H,10H2,1-3H3/b6-4+,7-5+/t12-,13+/m1/s1. The van der Waals surface area contributed by atoms with Crippen molar-refractivity contribution in [3.05, 3.63) is 36.0 Å². The van der Waals surface area contributed by atoms with Gasteiger partial charge in [0, 0.05) is 12.0 Å². The van der Waals surface area contributed by atoms with E-state index in [2.05, 4.69) is 19.9 Å². The lowest BCUT2D eigenvalue weighted by Gasteiger charge is -2.38. The molecule has 2 atom stereocenters. The molecule has 0 saturated heterocycles. The van der Waals surface area contributed by atoms with E-state index in [9.17, 15) is 5.11 Å². The van der Waals surface area contributed by atoms with Gasteiger partial charge in [-0.05, 0) is 18.8 Å². The van der Waals surface area contributed by atoms with E-state index in [0.29, 0.717) is 5.92 Å².